The van der Waals surface area contributed by atoms with E-state index in [9.17, 15) is 4.39 Å². The van der Waals surface area contributed by atoms with Crippen LogP contribution in [0.15, 0.2) is 29.7 Å². The molecular weight excluding hydrogens is 277 g/mol. The second-order valence-corrected chi connectivity index (χ2v) is 5.36. The van der Waals surface area contributed by atoms with Gasteiger partial charge in [-0.25, -0.2) is 9.37 Å². The van der Waals surface area contributed by atoms with Crippen LogP contribution in [0.2, 0.25) is 0 Å². The van der Waals surface area contributed by atoms with Crippen molar-refractivity contribution in [3.8, 4) is 0 Å². The van der Waals surface area contributed by atoms with Crippen LogP contribution < -0.4 is 0 Å². The van der Waals surface area contributed by atoms with Gasteiger partial charge in [-0.2, -0.15) is 0 Å². The number of fused-ring (bicyclic) bond motifs is 1. The minimum Gasteiger partial charge on any atom is -0.328 e. The zero-order valence-corrected chi connectivity index (χ0v) is 12.1. The molecule has 0 spiro atoms. The molecule has 0 aliphatic carbocycles. The fourth-order valence-electron chi connectivity index (χ4n) is 2.15. The number of nitrogens with zero attached hydrogens (tertiary/aromatic N) is 5. The van der Waals surface area contributed by atoms with Gasteiger partial charge in [-0.05, 0) is 19.1 Å². The van der Waals surface area contributed by atoms with Crippen LogP contribution in [0.25, 0.3) is 11.0 Å². The predicted octanol–water partition coefficient (Wildman–Crippen LogP) is 2.62. The lowest BCUT2D eigenvalue weighted by molar-refractivity contribution is 0.629. The Labute approximate surface area is 119 Å². The van der Waals surface area contributed by atoms with E-state index in [1.807, 2.05) is 11.6 Å². The van der Waals surface area contributed by atoms with Crippen LogP contribution in [-0.4, -0.2) is 24.3 Å². The number of imidazole rings is 1. The lowest BCUT2D eigenvalue weighted by Gasteiger charge is -2.05. The summed E-state index contributed by atoms with van der Waals surface area (Å²) in [4.78, 5) is 4.52. The average molecular weight is 291 g/mol. The fourth-order valence-corrected chi connectivity index (χ4v) is 2.98. The summed E-state index contributed by atoms with van der Waals surface area (Å²) in [5, 5.41) is 8.72. The standard InChI is InChI=1S/C13H14FN5S/c1-3-19-11-5-4-9(14)6-10(11)16-12(19)7-20-13-17-15-8-18(13)2/h4-6,8H,3,7H2,1-2H3. The van der Waals surface area contributed by atoms with E-state index in [1.165, 1.54) is 12.1 Å². The monoisotopic (exact) mass is 291 g/mol. The molecule has 0 atom stereocenters. The second-order valence-electron chi connectivity index (χ2n) is 4.42. The van der Waals surface area contributed by atoms with Gasteiger partial charge in [-0.1, -0.05) is 11.8 Å². The topological polar surface area (TPSA) is 48.5 Å². The molecular formula is C13H14FN5S. The van der Waals surface area contributed by atoms with Crippen LogP contribution in [0.4, 0.5) is 4.39 Å². The van der Waals surface area contributed by atoms with Gasteiger partial charge in [-0.15, -0.1) is 10.2 Å². The Bertz CT molecular complexity index is 748. The minimum atomic E-state index is -0.259. The van der Waals surface area contributed by atoms with Gasteiger partial charge in [0.25, 0.3) is 0 Å². The number of benzene rings is 1. The third-order valence-corrected chi connectivity index (χ3v) is 4.14. The lowest BCUT2D eigenvalue weighted by Crippen LogP contribution is -2.01. The van der Waals surface area contributed by atoms with Gasteiger partial charge < -0.3 is 9.13 Å². The molecule has 2 heterocycles. The van der Waals surface area contributed by atoms with Gasteiger partial charge in [0.15, 0.2) is 5.16 Å². The Kier molecular flexibility index (Phi) is 3.43. The smallest absolute Gasteiger partial charge is 0.191 e. The maximum atomic E-state index is 13.3. The highest BCUT2D eigenvalue weighted by Crippen LogP contribution is 2.23. The minimum absolute atomic E-state index is 0.259. The molecule has 0 radical (unpaired) electrons. The molecule has 0 bridgehead atoms. The maximum Gasteiger partial charge on any atom is 0.191 e. The van der Waals surface area contributed by atoms with Crippen molar-refractivity contribution in [2.24, 2.45) is 7.05 Å². The van der Waals surface area contributed by atoms with Gasteiger partial charge in [0.2, 0.25) is 0 Å². The zero-order chi connectivity index (χ0) is 14.1. The Balaban J connectivity index is 1.92. The molecule has 5 nitrogen and oxygen atoms in total. The summed E-state index contributed by atoms with van der Waals surface area (Å²) in [5.74, 6) is 1.34. The summed E-state index contributed by atoms with van der Waals surface area (Å²) in [6, 6.07) is 4.71. The number of hydrogen-bond donors (Lipinski definition) is 0. The molecule has 0 unspecified atom stereocenters. The summed E-state index contributed by atoms with van der Waals surface area (Å²) in [6.07, 6.45) is 1.67. The number of rotatable bonds is 4. The van der Waals surface area contributed by atoms with Crippen molar-refractivity contribution in [1.82, 2.24) is 24.3 Å². The van der Waals surface area contributed by atoms with Crippen LogP contribution in [0.3, 0.4) is 0 Å². The van der Waals surface area contributed by atoms with Crippen molar-refractivity contribution in [1.29, 1.82) is 0 Å². The number of thioether (sulfide) groups is 1. The van der Waals surface area contributed by atoms with E-state index >= 15 is 0 Å². The first-order valence-corrected chi connectivity index (χ1v) is 7.29. The maximum absolute atomic E-state index is 13.3. The third kappa shape index (κ3) is 2.29. The van der Waals surface area contributed by atoms with E-state index in [1.54, 1.807) is 24.2 Å². The van der Waals surface area contributed by atoms with Crippen molar-refractivity contribution in [2.45, 2.75) is 24.4 Å². The fraction of sp³-hybridized carbons (Fsp3) is 0.308. The van der Waals surface area contributed by atoms with E-state index in [4.69, 9.17) is 0 Å². The van der Waals surface area contributed by atoms with Gasteiger partial charge in [0.05, 0.1) is 16.8 Å². The van der Waals surface area contributed by atoms with Gasteiger partial charge >= 0.3 is 0 Å². The Morgan fingerprint density at radius 1 is 1.35 bits per heavy atom. The van der Waals surface area contributed by atoms with Crippen molar-refractivity contribution in [3.63, 3.8) is 0 Å². The SMILES string of the molecule is CCn1c(CSc2nncn2C)nc2cc(F)ccc21. The number of aromatic nitrogens is 5. The average Bonchev–Trinajstić information content (AvgIpc) is 2.98. The summed E-state index contributed by atoms with van der Waals surface area (Å²) in [5.41, 5.74) is 1.66. The largest absolute Gasteiger partial charge is 0.328 e. The number of hydrogen-bond acceptors (Lipinski definition) is 4. The van der Waals surface area contributed by atoms with Crippen LogP contribution in [0.5, 0.6) is 0 Å². The Hall–Kier alpha value is -1.89. The lowest BCUT2D eigenvalue weighted by atomic mass is 10.3. The molecule has 0 N–H and O–H groups in total. The Morgan fingerprint density at radius 2 is 2.20 bits per heavy atom. The van der Waals surface area contributed by atoms with Crippen LogP contribution in [0, 0.1) is 5.82 Å². The van der Waals surface area contributed by atoms with Crippen LogP contribution >= 0.6 is 11.8 Å². The highest BCUT2D eigenvalue weighted by molar-refractivity contribution is 7.98. The van der Waals surface area contributed by atoms with Crippen molar-refractivity contribution in [3.05, 3.63) is 36.2 Å². The molecule has 0 saturated carbocycles. The number of aryl methyl sites for hydroxylation is 2. The molecule has 0 amide bonds. The summed E-state index contributed by atoms with van der Waals surface area (Å²) < 4.78 is 17.2. The zero-order valence-electron chi connectivity index (χ0n) is 11.2. The molecule has 3 rings (SSSR count). The van der Waals surface area contributed by atoms with Crippen molar-refractivity contribution >= 4 is 22.8 Å². The second kappa shape index (κ2) is 5.24. The van der Waals surface area contributed by atoms with E-state index < -0.39 is 0 Å². The van der Waals surface area contributed by atoms with E-state index in [2.05, 4.69) is 26.7 Å². The molecule has 20 heavy (non-hydrogen) atoms. The number of halogens is 1. The normalized spacial score (nSPS) is 11.3. The molecule has 0 saturated heterocycles. The van der Waals surface area contributed by atoms with Crippen molar-refractivity contribution in [2.75, 3.05) is 0 Å². The first-order chi connectivity index (χ1) is 9.69. The van der Waals surface area contributed by atoms with E-state index in [0.717, 1.165) is 23.0 Å². The molecule has 0 fully saturated rings. The van der Waals surface area contributed by atoms with Crippen LogP contribution in [-0.2, 0) is 19.3 Å². The summed E-state index contributed by atoms with van der Waals surface area (Å²) in [7, 11) is 1.90. The van der Waals surface area contributed by atoms with E-state index in [-0.39, 0.29) is 5.82 Å². The molecule has 0 aliphatic rings. The molecule has 1 aromatic carbocycles. The molecule has 3 aromatic rings. The molecule has 2 aromatic heterocycles. The quantitative estimate of drug-likeness (QED) is 0.693. The van der Waals surface area contributed by atoms with Crippen molar-refractivity contribution < 1.29 is 4.39 Å². The summed E-state index contributed by atoms with van der Waals surface area (Å²) >= 11 is 1.57. The molecule has 7 heteroatoms. The highest BCUT2D eigenvalue weighted by Gasteiger charge is 2.12. The Morgan fingerprint density at radius 3 is 2.90 bits per heavy atom. The van der Waals surface area contributed by atoms with Gasteiger partial charge in [-0.3, -0.25) is 0 Å². The molecule has 104 valence electrons. The van der Waals surface area contributed by atoms with Gasteiger partial charge in [0, 0.05) is 19.7 Å². The first-order valence-electron chi connectivity index (χ1n) is 6.30. The van der Waals surface area contributed by atoms with Gasteiger partial charge in [0.1, 0.15) is 18.0 Å². The summed E-state index contributed by atoms with van der Waals surface area (Å²) in [6.45, 7) is 2.86. The molecule has 0 aliphatic heterocycles. The van der Waals surface area contributed by atoms with E-state index in [0.29, 0.717) is 11.3 Å². The predicted molar refractivity (Wildman–Crippen MR) is 75.9 cm³/mol. The third-order valence-electron chi connectivity index (χ3n) is 3.11. The van der Waals surface area contributed by atoms with Crippen LogP contribution in [0.1, 0.15) is 12.7 Å². The first kappa shape index (κ1) is 13.1. The highest BCUT2D eigenvalue weighted by atomic mass is 32.2.